The summed E-state index contributed by atoms with van der Waals surface area (Å²) < 4.78 is 10.0. The molecule has 172 valence electrons. The molecule has 30 heavy (non-hydrogen) atoms. The van der Waals surface area contributed by atoms with Gasteiger partial charge in [0, 0.05) is 0 Å². The van der Waals surface area contributed by atoms with Crippen LogP contribution in [0.3, 0.4) is 0 Å². The van der Waals surface area contributed by atoms with Crippen molar-refractivity contribution in [1.29, 1.82) is 0 Å². The monoisotopic (exact) mass is 420 g/mol. The number of carbonyl (C=O) groups is 2. The van der Waals surface area contributed by atoms with E-state index in [2.05, 4.69) is 27.7 Å². The third kappa shape index (κ3) is 4.88. The molecule has 0 amide bonds. The van der Waals surface area contributed by atoms with Crippen molar-refractivity contribution in [2.24, 2.45) is 59.2 Å². The normalized spacial score (nSPS) is 44.9. The summed E-state index contributed by atoms with van der Waals surface area (Å²) in [7, 11) is 3.04. The summed E-state index contributed by atoms with van der Waals surface area (Å²) in [6, 6.07) is 0. The maximum Gasteiger partial charge on any atom is 0.308 e. The Hall–Kier alpha value is -1.06. The van der Waals surface area contributed by atoms with Gasteiger partial charge in [-0.15, -0.1) is 0 Å². The lowest BCUT2D eigenvalue weighted by Gasteiger charge is -2.50. The van der Waals surface area contributed by atoms with Crippen molar-refractivity contribution in [1.82, 2.24) is 0 Å². The topological polar surface area (TPSA) is 52.6 Å². The van der Waals surface area contributed by atoms with Crippen LogP contribution in [-0.4, -0.2) is 26.2 Å². The molecule has 10 unspecified atom stereocenters. The van der Waals surface area contributed by atoms with E-state index in [1.54, 1.807) is 0 Å². The molecule has 0 aromatic rings. The molecule has 0 heterocycles. The number of ether oxygens (including phenoxy) is 2. The maximum atomic E-state index is 12.0. The van der Waals surface area contributed by atoms with Gasteiger partial charge < -0.3 is 9.47 Å². The van der Waals surface area contributed by atoms with Crippen molar-refractivity contribution >= 4 is 11.9 Å². The highest BCUT2D eigenvalue weighted by Crippen LogP contribution is 2.52. The molecule has 10 atom stereocenters. The smallest absolute Gasteiger partial charge is 0.308 e. The van der Waals surface area contributed by atoms with Crippen molar-refractivity contribution in [3.63, 3.8) is 0 Å². The van der Waals surface area contributed by atoms with Gasteiger partial charge in [0.25, 0.3) is 0 Å². The molecule has 4 heteroatoms. The quantitative estimate of drug-likeness (QED) is 0.545. The molecule has 0 spiro atoms. The number of rotatable bonds is 4. The number of esters is 2. The fourth-order valence-electron chi connectivity index (χ4n) is 7.74. The minimum Gasteiger partial charge on any atom is -0.469 e. The van der Waals surface area contributed by atoms with Crippen molar-refractivity contribution in [3.8, 4) is 0 Å². The Morgan fingerprint density at radius 3 is 1.17 bits per heavy atom. The molecular weight excluding hydrogens is 376 g/mol. The first-order valence-corrected chi connectivity index (χ1v) is 12.4. The number of hydrogen-bond donors (Lipinski definition) is 0. The van der Waals surface area contributed by atoms with Crippen molar-refractivity contribution in [2.45, 2.75) is 79.1 Å². The molecule has 0 aliphatic heterocycles. The second-order valence-electron chi connectivity index (χ2n) is 11.1. The molecule has 3 aliphatic carbocycles. The van der Waals surface area contributed by atoms with Gasteiger partial charge in [-0.25, -0.2) is 0 Å². The van der Waals surface area contributed by atoms with Crippen molar-refractivity contribution < 1.29 is 19.1 Å². The molecule has 0 radical (unpaired) electrons. The van der Waals surface area contributed by atoms with E-state index in [1.807, 2.05) is 0 Å². The predicted molar refractivity (Wildman–Crippen MR) is 119 cm³/mol. The average molecular weight is 421 g/mol. The Bertz CT molecular complexity index is 550. The Morgan fingerprint density at radius 1 is 0.533 bits per heavy atom. The Morgan fingerprint density at radius 2 is 0.867 bits per heavy atom. The van der Waals surface area contributed by atoms with Gasteiger partial charge in [-0.05, 0) is 98.7 Å². The van der Waals surface area contributed by atoms with Crippen LogP contribution < -0.4 is 0 Å². The van der Waals surface area contributed by atoms with Crippen LogP contribution in [0.5, 0.6) is 0 Å². The van der Waals surface area contributed by atoms with Gasteiger partial charge in [0.2, 0.25) is 0 Å². The van der Waals surface area contributed by atoms with E-state index in [1.165, 1.54) is 39.9 Å². The van der Waals surface area contributed by atoms with Crippen LogP contribution in [0.25, 0.3) is 0 Å². The SMILES string of the molecule is COC(=O)C1CCC(C2CC(C)C(C3CCC(C(=O)OC)CC3C)CC2C)C(C)C1. The van der Waals surface area contributed by atoms with Gasteiger partial charge in [-0.1, -0.05) is 27.7 Å². The summed E-state index contributed by atoms with van der Waals surface area (Å²) in [4.78, 5) is 24.0. The van der Waals surface area contributed by atoms with E-state index in [4.69, 9.17) is 9.47 Å². The minimum absolute atomic E-state index is 0.0121. The van der Waals surface area contributed by atoms with Gasteiger partial charge in [-0.2, -0.15) is 0 Å². The molecule has 0 aromatic heterocycles. The van der Waals surface area contributed by atoms with Crippen LogP contribution in [0.1, 0.15) is 79.1 Å². The first-order valence-electron chi connectivity index (χ1n) is 12.4. The van der Waals surface area contributed by atoms with E-state index in [0.29, 0.717) is 11.8 Å². The summed E-state index contributed by atoms with van der Waals surface area (Å²) in [5.74, 6) is 5.96. The summed E-state index contributed by atoms with van der Waals surface area (Å²) in [6.07, 6.45) is 8.98. The maximum absolute atomic E-state index is 12.0. The molecule has 0 N–H and O–H groups in total. The van der Waals surface area contributed by atoms with Crippen LogP contribution in [-0.2, 0) is 19.1 Å². The lowest BCUT2D eigenvalue weighted by atomic mass is 9.55. The van der Waals surface area contributed by atoms with Gasteiger partial charge in [-0.3, -0.25) is 9.59 Å². The fraction of sp³-hybridized carbons (Fsp3) is 0.923. The van der Waals surface area contributed by atoms with Gasteiger partial charge in [0.1, 0.15) is 0 Å². The largest absolute Gasteiger partial charge is 0.469 e. The Balaban J connectivity index is 1.59. The lowest BCUT2D eigenvalue weighted by Crippen LogP contribution is -2.43. The van der Waals surface area contributed by atoms with E-state index in [-0.39, 0.29) is 23.8 Å². The molecule has 3 aliphatic rings. The highest BCUT2D eigenvalue weighted by Gasteiger charge is 2.45. The van der Waals surface area contributed by atoms with Crippen LogP contribution in [0.4, 0.5) is 0 Å². The molecule has 3 fully saturated rings. The molecule has 4 nitrogen and oxygen atoms in total. The molecule has 0 bridgehead atoms. The zero-order chi connectivity index (χ0) is 22.0. The average Bonchev–Trinajstić information content (AvgIpc) is 2.74. The summed E-state index contributed by atoms with van der Waals surface area (Å²) >= 11 is 0. The Kier molecular flexibility index (Phi) is 7.90. The third-order valence-corrected chi connectivity index (χ3v) is 9.39. The van der Waals surface area contributed by atoms with Crippen molar-refractivity contribution in [3.05, 3.63) is 0 Å². The summed E-state index contributed by atoms with van der Waals surface area (Å²) in [6.45, 7) is 9.68. The molecule has 0 aromatic carbocycles. The standard InChI is InChI=1S/C26H44O4/c1-15-11-19(25(27)29-5)7-9-21(15)23-13-18(4)24(14-17(23)3)22-10-8-20(12-16(22)2)26(28)30-6/h15-24H,7-14H2,1-6H3. The molecule has 0 saturated heterocycles. The lowest BCUT2D eigenvalue weighted by molar-refractivity contribution is -0.149. The molecule has 3 saturated carbocycles. The van der Waals surface area contributed by atoms with E-state index in [0.717, 1.165) is 61.2 Å². The first kappa shape index (κ1) is 23.6. The van der Waals surface area contributed by atoms with E-state index in [9.17, 15) is 9.59 Å². The molecular formula is C26H44O4. The fourth-order valence-corrected chi connectivity index (χ4v) is 7.74. The Labute approximate surface area is 183 Å². The van der Waals surface area contributed by atoms with Gasteiger partial charge in [0.15, 0.2) is 0 Å². The summed E-state index contributed by atoms with van der Waals surface area (Å²) in [5.41, 5.74) is 0. The third-order valence-electron chi connectivity index (χ3n) is 9.39. The van der Waals surface area contributed by atoms with Gasteiger partial charge in [0.05, 0.1) is 26.1 Å². The predicted octanol–water partition coefficient (Wildman–Crippen LogP) is 5.74. The zero-order valence-corrected chi connectivity index (χ0v) is 20.1. The highest BCUT2D eigenvalue weighted by molar-refractivity contribution is 5.72. The summed E-state index contributed by atoms with van der Waals surface area (Å²) in [5, 5.41) is 0. The molecule has 3 rings (SSSR count). The van der Waals surface area contributed by atoms with Crippen LogP contribution in [0.2, 0.25) is 0 Å². The highest BCUT2D eigenvalue weighted by atomic mass is 16.5. The van der Waals surface area contributed by atoms with Crippen molar-refractivity contribution in [2.75, 3.05) is 14.2 Å². The number of hydrogen-bond acceptors (Lipinski definition) is 4. The minimum atomic E-state index is -0.0121. The second-order valence-corrected chi connectivity index (χ2v) is 11.1. The number of methoxy groups -OCH3 is 2. The van der Waals surface area contributed by atoms with Crippen LogP contribution in [0, 0.1) is 59.2 Å². The van der Waals surface area contributed by atoms with Gasteiger partial charge >= 0.3 is 11.9 Å². The van der Waals surface area contributed by atoms with Crippen LogP contribution >= 0.6 is 0 Å². The second kappa shape index (κ2) is 10.0. The number of carbonyl (C=O) groups excluding carboxylic acids is 2. The first-order chi connectivity index (χ1) is 14.3. The van der Waals surface area contributed by atoms with E-state index < -0.39 is 0 Å². The van der Waals surface area contributed by atoms with Crippen LogP contribution in [0.15, 0.2) is 0 Å². The van der Waals surface area contributed by atoms with E-state index >= 15 is 0 Å². The zero-order valence-electron chi connectivity index (χ0n) is 20.1.